The lowest BCUT2D eigenvalue weighted by molar-refractivity contribution is -0.143. The highest BCUT2D eigenvalue weighted by Gasteiger charge is 2.08. The maximum atomic E-state index is 11.7. The fourth-order valence-corrected chi connectivity index (χ4v) is 3.68. The second-order valence-electron chi connectivity index (χ2n) is 8.21. The van der Waals surface area contributed by atoms with Crippen molar-refractivity contribution in [2.24, 2.45) is 0 Å². The molecule has 0 saturated heterocycles. The summed E-state index contributed by atoms with van der Waals surface area (Å²) >= 11 is 0. The summed E-state index contributed by atoms with van der Waals surface area (Å²) < 4.78 is 23.1. The van der Waals surface area contributed by atoms with Gasteiger partial charge in [-0.15, -0.1) is 0 Å². The van der Waals surface area contributed by atoms with E-state index < -0.39 is 0 Å². The number of unbranched alkanes of at least 4 members (excludes halogenated alkanes) is 1. The van der Waals surface area contributed by atoms with Crippen LogP contribution in [0.1, 0.15) is 49.8 Å². The fraction of sp³-hybridized carbons (Fsp3) is 0.367. The molecule has 0 bridgehead atoms. The van der Waals surface area contributed by atoms with Gasteiger partial charge in [0, 0.05) is 12.5 Å². The molecule has 0 N–H and O–H groups in total. The van der Waals surface area contributed by atoms with Crippen molar-refractivity contribution in [1.82, 2.24) is 0 Å². The van der Waals surface area contributed by atoms with Crippen molar-refractivity contribution in [3.63, 3.8) is 0 Å². The Morgan fingerprint density at radius 3 is 2.20 bits per heavy atom. The number of benzene rings is 3. The third-order valence-corrected chi connectivity index (χ3v) is 5.60. The van der Waals surface area contributed by atoms with Gasteiger partial charge in [-0.3, -0.25) is 4.79 Å². The molecule has 5 heteroatoms. The second kappa shape index (κ2) is 14.7. The van der Waals surface area contributed by atoms with E-state index in [1.807, 2.05) is 61.5 Å². The van der Waals surface area contributed by atoms with Crippen LogP contribution in [0.2, 0.25) is 0 Å². The topological polar surface area (TPSA) is 54.0 Å². The van der Waals surface area contributed by atoms with Gasteiger partial charge in [-0.2, -0.15) is 0 Å². The quantitative estimate of drug-likeness (QED) is 0.184. The van der Waals surface area contributed by atoms with E-state index >= 15 is 0 Å². The van der Waals surface area contributed by atoms with Crippen LogP contribution < -0.4 is 14.2 Å². The molecule has 186 valence electrons. The Kier molecular flexibility index (Phi) is 11.0. The van der Waals surface area contributed by atoms with Gasteiger partial charge in [-0.05, 0) is 61.4 Å². The number of hydrogen-bond donors (Lipinski definition) is 0. The minimum Gasteiger partial charge on any atom is -0.493 e. The van der Waals surface area contributed by atoms with E-state index in [9.17, 15) is 4.79 Å². The molecule has 0 aliphatic heterocycles. The standard InChI is InChI=1S/C30H36O5/c1-3-25-16-18-27(35-23-24-12-6-5-7-13-24)22-29(25)34-21-11-10-20-33-28-15-9-8-14-26(28)17-19-30(31)32-4-2/h5-9,12-16,18,22H,3-4,10-11,17,19-21,23H2,1-2H3. The first-order chi connectivity index (χ1) is 17.2. The van der Waals surface area contributed by atoms with Gasteiger partial charge in [-0.1, -0.05) is 61.5 Å². The van der Waals surface area contributed by atoms with Crippen molar-refractivity contribution in [3.8, 4) is 17.2 Å². The third kappa shape index (κ3) is 9.01. The Labute approximate surface area is 209 Å². The summed E-state index contributed by atoms with van der Waals surface area (Å²) in [5.74, 6) is 2.33. The van der Waals surface area contributed by atoms with E-state index in [1.165, 1.54) is 5.56 Å². The van der Waals surface area contributed by atoms with Crippen molar-refractivity contribution >= 4 is 5.97 Å². The average Bonchev–Trinajstić information content (AvgIpc) is 2.89. The summed E-state index contributed by atoms with van der Waals surface area (Å²) in [7, 11) is 0. The van der Waals surface area contributed by atoms with Crippen LogP contribution in [-0.4, -0.2) is 25.8 Å². The lowest BCUT2D eigenvalue weighted by Gasteiger charge is -2.14. The molecule has 0 amide bonds. The normalized spacial score (nSPS) is 10.6. The van der Waals surface area contributed by atoms with Crippen LogP contribution in [0.15, 0.2) is 72.8 Å². The number of carbonyl (C=O) groups excluding carboxylic acids is 1. The first-order valence-corrected chi connectivity index (χ1v) is 12.5. The van der Waals surface area contributed by atoms with E-state index in [2.05, 4.69) is 25.1 Å². The molecule has 5 nitrogen and oxygen atoms in total. The Hall–Kier alpha value is -3.47. The van der Waals surface area contributed by atoms with E-state index in [0.29, 0.717) is 39.3 Å². The van der Waals surface area contributed by atoms with Gasteiger partial charge in [0.05, 0.1) is 19.8 Å². The first kappa shape index (κ1) is 26.1. The zero-order valence-electron chi connectivity index (χ0n) is 20.8. The molecule has 0 aliphatic carbocycles. The highest BCUT2D eigenvalue weighted by molar-refractivity contribution is 5.69. The van der Waals surface area contributed by atoms with Crippen molar-refractivity contribution in [2.75, 3.05) is 19.8 Å². The second-order valence-corrected chi connectivity index (χ2v) is 8.21. The Morgan fingerprint density at radius 2 is 1.46 bits per heavy atom. The van der Waals surface area contributed by atoms with E-state index in [1.54, 1.807) is 0 Å². The summed E-state index contributed by atoms with van der Waals surface area (Å²) in [5, 5.41) is 0. The van der Waals surface area contributed by atoms with Crippen LogP contribution in [0.25, 0.3) is 0 Å². The number of ether oxygens (including phenoxy) is 4. The molecule has 0 fully saturated rings. The summed E-state index contributed by atoms with van der Waals surface area (Å²) in [6.45, 7) is 6.09. The van der Waals surface area contributed by atoms with E-state index in [4.69, 9.17) is 18.9 Å². The molecule has 35 heavy (non-hydrogen) atoms. The summed E-state index contributed by atoms with van der Waals surface area (Å²) in [6.07, 6.45) is 3.62. The molecule has 0 atom stereocenters. The van der Waals surface area contributed by atoms with Gasteiger partial charge in [0.2, 0.25) is 0 Å². The summed E-state index contributed by atoms with van der Waals surface area (Å²) in [5.41, 5.74) is 3.33. The van der Waals surface area contributed by atoms with Crippen LogP contribution in [-0.2, 0) is 29.0 Å². The van der Waals surface area contributed by atoms with E-state index in [-0.39, 0.29) is 5.97 Å². The molecule has 0 spiro atoms. The maximum absolute atomic E-state index is 11.7. The highest BCUT2D eigenvalue weighted by Crippen LogP contribution is 2.26. The first-order valence-electron chi connectivity index (χ1n) is 12.5. The molecule has 3 aromatic carbocycles. The maximum Gasteiger partial charge on any atom is 0.306 e. The van der Waals surface area contributed by atoms with Crippen LogP contribution in [0, 0.1) is 0 Å². The minimum atomic E-state index is -0.180. The largest absolute Gasteiger partial charge is 0.493 e. The predicted octanol–water partition coefficient (Wildman–Crippen LogP) is 6.56. The smallest absolute Gasteiger partial charge is 0.306 e. The van der Waals surface area contributed by atoms with Crippen LogP contribution in [0.4, 0.5) is 0 Å². The van der Waals surface area contributed by atoms with Gasteiger partial charge in [0.25, 0.3) is 0 Å². The number of para-hydroxylation sites is 1. The minimum absolute atomic E-state index is 0.180. The lowest BCUT2D eigenvalue weighted by atomic mass is 10.1. The van der Waals surface area contributed by atoms with Gasteiger partial charge in [0.15, 0.2) is 0 Å². The van der Waals surface area contributed by atoms with Crippen molar-refractivity contribution < 1.29 is 23.7 Å². The number of carbonyl (C=O) groups is 1. The Morgan fingerprint density at radius 1 is 0.743 bits per heavy atom. The summed E-state index contributed by atoms with van der Waals surface area (Å²) in [6, 6.07) is 24.1. The Bertz CT molecular complexity index is 1030. The zero-order valence-corrected chi connectivity index (χ0v) is 20.8. The lowest BCUT2D eigenvalue weighted by Crippen LogP contribution is -2.07. The fourth-order valence-electron chi connectivity index (χ4n) is 3.68. The van der Waals surface area contributed by atoms with Crippen molar-refractivity contribution in [3.05, 3.63) is 89.5 Å². The van der Waals surface area contributed by atoms with Gasteiger partial charge in [-0.25, -0.2) is 0 Å². The molecular formula is C30H36O5. The molecule has 0 unspecified atom stereocenters. The number of aryl methyl sites for hydroxylation is 2. The summed E-state index contributed by atoms with van der Waals surface area (Å²) in [4.78, 5) is 11.7. The average molecular weight is 477 g/mol. The molecule has 0 heterocycles. The number of esters is 1. The van der Waals surface area contributed by atoms with Gasteiger partial charge < -0.3 is 18.9 Å². The Balaban J connectivity index is 1.42. The number of rotatable bonds is 15. The number of hydrogen-bond acceptors (Lipinski definition) is 5. The molecule has 0 aliphatic rings. The molecule has 0 radical (unpaired) electrons. The predicted molar refractivity (Wildman–Crippen MR) is 138 cm³/mol. The molecular weight excluding hydrogens is 440 g/mol. The van der Waals surface area contributed by atoms with Gasteiger partial charge >= 0.3 is 5.97 Å². The van der Waals surface area contributed by atoms with E-state index in [0.717, 1.165) is 47.6 Å². The van der Waals surface area contributed by atoms with Gasteiger partial charge in [0.1, 0.15) is 23.9 Å². The molecule has 3 rings (SSSR count). The van der Waals surface area contributed by atoms with Crippen molar-refractivity contribution in [2.45, 2.75) is 52.6 Å². The van der Waals surface area contributed by atoms with Crippen LogP contribution in [0.5, 0.6) is 17.2 Å². The zero-order chi connectivity index (χ0) is 24.7. The molecule has 3 aromatic rings. The monoisotopic (exact) mass is 476 g/mol. The molecule has 0 saturated carbocycles. The molecule has 0 aromatic heterocycles. The van der Waals surface area contributed by atoms with Crippen LogP contribution >= 0.6 is 0 Å². The van der Waals surface area contributed by atoms with Crippen LogP contribution in [0.3, 0.4) is 0 Å². The third-order valence-electron chi connectivity index (χ3n) is 5.60. The SMILES string of the molecule is CCOC(=O)CCc1ccccc1OCCCCOc1cc(OCc2ccccc2)ccc1CC. The highest BCUT2D eigenvalue weighted by atomic mass is 16.5. The van der Waals surface area contributed by atoms with Crippen molar-refractivity contribution in [1.29, 1.82) is 0 Å².